The maximum Gasteiger partial charge on any atom is 0.189 e. The van der Waals surface area contributed by atoms with Crippen LogP contribution in [0.3, 0.4) is 0 Å². The number of aryl methyl sites for hydroxylation is 1. The molecule has 0 amide bonds. The van der Waals surface area contributed by atoms with E-state index in [4.69, 9.17) is 12.2 Å². The van der Waals surface area contributed by atoms with Gasteiger partial charge < -0.3 is 5.32 Å². The lowest BCUT2D eigenvalue weighted by atomic mass is 9.68. The first kappa shape index (κ1) is 14.8. The van der Waals surface area contributed by atoms with Crippen molar-refractivity contribution in [2.24, 2.45) is 11.3 Å². The Balaban J connectivity index is 1.85. The van der Waals surface area contributed by atoms with Gasteiger partial charge in [-0.15, -0.1) is 0 Å². The molecule has 0 bridgehead atoms. The third-order valence-electron chi connectivity index (χ3n) is 4.55. The molecule has 0 unspecified atom stereocenters. The Morgan fingerprint density at radius 3 is 2.48 bits per heavy atom. The summed E-state index contributed by atoms with van der Waals surface area (Å²) in [5, 5.41) is 6.38. The average molecular weight is 303 g/mol. The molecule has 1 saturated heterocycles. The van der Waals surface area contributed by atoms with E-state index in [9.17, 15) is 0 Å². The molecule has 1 aromatic rings. The van der Waals surface area contributed by atoms with Gasteiger partial charge in [0, 0.05) is 0 Å². The fourth-order valence-corrected chi connectivity index (χ4v) is 4.53. The molecule has 4 heteroatoms. The van der Waals surface area contributed by atoms with Crippen molar-refractivity contribution in [3.63, 3.8) is 0 Å². The zero-order chi connectivity index (χ0) is 15.3. The SMILES string of the molecule is Cc1ccc(N2N[C@]3(C[C@@H](C)CC(C)(C)C3)NC2=S)cc1. The van der Waals surface area contributed by atoms with Crippen LogP contribution in [-0.4, -0.2) is 10.8 Å². The molecule has 0 radical (unpaired) electrons. The van der Waals surface area contributed by atoms with Crippen LogP contribution < -0.4 is 15.8 Å². The molecular formula is C17H25N3S. The summed E-state index contributed by atoms with van der Waals surface area (Å²) in [6.45, 7) is 9.14. The second-order valence-electron chi connectivity index (χ2n) is 7.65. The molecule has 114 valence electrons. The number of benzene rings is 1. The summed E-state index contributed by atoms with van der Waals surface area (Å²) in [5.74, 6) is 0.689. The normalized spacial score (nSPS) is 31.5. The van der Waals surface area contributed by atoms with Crippen molar-refractivity contribution in [2.45, 2.75) is 52.6 Å². The summed E-state index contributed by atoms with van der Waals surface area (Å²) >= 11 is 5.57. The predicted octanol–water partition coefficient (Wildman–Crippen LogP) is 3.74. The van der Waals surface area contributed by atoms with Crippen LogP contribution in [-0.2, 0) is 0 Å². The van der Waals surface area contributed by atoms with Crippen LogP contribution >= 0.6 is 12.2 Å². The first-order valence-corrected chi connectivity index (χ1v) is 8.16. The largest absolute Gasteiger partial charge is 0.342 e. The minimum atomic E-state index is -0.0941. The molecule has 1 aliphatic heterocycles. The Hall–Kier alpha value is -1.13. The second-order valence-corrected chi connectivity index (χ2v) is 8.04. The Labute approximate surface area is 133 Å². The van der Waals surface area contributed by atoms with Crippen molar-refractivity contribution < 1.29 is 0 Å². The van der Waals surface area contributed by atoms with Crippen LogP contribution in [0.2, 0.25) is 0 Å². The summed E-state index contributed by atoms with van der Waals surface area (Å²) < 4.78 is 0. The first-order valence-electron chi connectivity index (χ1n) is 7.75. The molecule has 0 aromatic heterocycles. The van der Waals surface area contributed by atoms with Crippen molar-refractivity contribution in [3.8, 4) is 0 Å². The summed E-state index contributed by atoms with van der Waals surface area (Å²) in [5.41, 5.74) is 6.26. The lowest BCUT2D eigenvalue weighted by Crippen LogP contribution is -2.57. The van der Waals surface area contributed by atoms with E-state index in [1.165, 1.54) is 12.0 Å². The topological polar surface area (TPSA) is 27.3 Å². The number of hydrogen-bond donors (Lipinski definition) is 2. The predicted molar refractivity (Wildman–Crippen MR) is 92.1 cm³/mol. The van der Waals surface area contributed by atoms with Gasteiger partial charge in [-0.1, -0.05) is 38.5 Å². The molecule has 21 heavy (non-hydrogen) atoms. The maximum atomic E-state index is 5.57. The number of nitrogens with one attached hydrogen (secondary N) is 2. The third kappa shape index (κ3) is 2.92. The van der Waals surface area contributed by atoms with E-state index >= 15 is 0 Å². The lowest BCUT2D eigenvalue weighted by Gasteiger charge is -2.45. The standard InChI is InChI=1S/C17H25N3S/c1-12-5-7-14(8-6-12)20-15(21)18-17(19-20)10-13(2)9-16(3,4)11-17/h5-8,13,19H,9-11H2,1-4H3,(H,18,21)/t13-,17-/m0/s1. The molecule has 2 atom stereocenters. The number of hydrazine groups is 1. The Morgan fingerprint density at radius 2 is 1.86 bits per heavy atom. The smallest absolute Gasteiger partial charge is 0.189 e. The van der Waals surface area contributed by atoms with Crippen molar-refractivity contribution in [3.05, 3.63) is 29.8 Å². The summed E-state index contributed by atoms with van der Waals surface area (Å²) in [6.07, 6.45) is 3.47. The molecular weight excluding hydrogens is 278 g/mol. The van der Waals surface area contributed by atoms with E-state index in [0.717, 1.165) is 23.6 Å². The Morgan fingerprint density at radius 1 is 1.19 bits per heavy atom. The van der Waals surface area contributed by atoms with Crippen LogP contribution in [0, 0.1) is 18.3 Å². The highest BCUT2D eigenvalue weighted by Gasteiger charge is 2.48. The van der Waals surface area contributed by atoms with Crippen LogP contribution in [0.4, 0.5) is 5.69 Å². The second kappa shape index (κ2) is 4.96. The molecule has 2 aliphatic rings. The van der Waals surface area contributed by atoms with E-state index in [2.05, 4.69) is 62.7 Å². The first-order chi connectivity index (χ1) is 9.79. The fourth-order valence-electron chi connectivity index (χ4n) is 4.18. The van der Waals surface area contributed by atoms with Crippen LogP contribution in [0.1, 0.15) is 45.6 Å². The minimum absolute atomic E-state index is 0.0941. The van der Waals surface area contributed by atoms with Gasteiger partial charge in [0.25, 0.3) is 0 Å². The highest BCUT2D eigenvalue weighted by atomic mass is 32.1. The highest BCUT2D eigenvalue weighted by Crippen LogP contribution is 2.44. The Bertz CT molecular complexity index is 552. The van der Waals surface area contributed by atoms with Crippen LogP contribution in [0.15, 0.2) is 24.3 Å². The van der Waals surface area contributed by atoms with Crippen molar-refractivity contribution in [2.75, 3.05) is 5.01 Å². The van der Waals surface area contributed by atoms with E-state index in [1.807, 2.05) is 5.01 Å². The molecule has 1 aromatic carbocycles. The summed E-state index contributed by atoms with van der Waals surface area (Å²) in [6, 6.07) is 8.48. The van der Waals surface area contributed by atoms with E-state index < -0.39 is 0 Å². The molecule has 1 aliphatic carbocycles. The molecule has 1 spiro atoms. The maximum absolute atomic E-state index is 5.57. The van der Waals surface area contributed by atoms with Crippen LogP contribution in [0.25, 0.3) is 0 Å². The summed E-state index contributed by atoms with van der Waals surface area (Å²) in [4.78, 5) is 0. The van der Waals surface area contributed by atoms with Gasteiger partial charge in [-0.2, -0.15) is 0 Å². The number of hydrogen-bond acceptors (Lipinski definition) is 2. The fraction of sp³-hybridized carbons (Fsp3) is 0.588. The monoisotopic (exact) mass is 303 g/mol. The molecule has 2 N–H and O–H groups in total. The quantitative estimate of drug-likeness (QED) is 0.773. The van der Waals surface area contributed by atoms with Gasteiger partial charge in [0.1, 0.15) is 5.66 Å². The molecule has 1 saturated carbocycles. The third-order valence-corrected chi connectivity index (χ3v) is 4.83. The van der Waals surface area contributed by atoms with Gasteiger partial charge in [0.15, 0.2) is 5.11 Å². The van der Waals surface area contributed by atoms with E-state index in [1.54, 1.807) is 0 Å². The van der Waals surface area contributed by atoms with Gasteiger partial charge >= 0.3 is 0 Å². The number of anilines is 1. The van der Waals surface area contributed by atoms with Gasteiger partial charge in [0.2, 0.25) is 0 Å². The molecule has 1 heterocycles. The minimum Gasteiger partial charge on any atom is -0.342 e. The summed E-state index contributed by atoms with van der Waals surface area (Å²) in [7, 11) is 0. The van der Waals surface area contributed by atoms with Crippen molar-refractivity contribution in [1.82, 2.24) is 10.7 Å². The van der Waals surface area contributed by atoms with Crippen LogP contribution in [0.5, 0.6) is 0 Å². The van der Waals surface area contributed by atoms with Crippen molar-refractivity contribution in [1.29, 1.82) is 0 Å². The molecule has 3 nitrogen and oxygen atoms in total. The molecule has 3 rings (SSSR count). The van der Waals surface area contributed by atoms with Gasteiger partial charge in [-0.05, 0) is 61.9 Å². The van der Waals surface area contributed by atoms with Gasteiger partial charge in [0.05, 0.1) is 5.69 Å². The van der Waals surface area contributed by atoms with E-state index in [0.29, 0.717) is 11.3 Å². The molecule has 2 fully saturated rings. The zero-order valence-electron chi connectivity index (χ0n) is 13.4. The number of rotatable bonds is 1. The Kier molecular flexibility index (Phi) is 3.49. The average Bonchev–Trinajstić information content (AvgIpc) is 2.63. The lowest BCUT2D eigenvalue weighted by molar-refractivity contribution is 0.0828. The number of nitrogens with zero attached hydrogens (tertiary/aromatic N) is 1. The van der Waals surface area contributed by atoms with Gasteiger partial charge in [-0.3, -0.25) is 5.01 Å². The van der Waals surface area contributed by atoms with Gasteiger partial charge in [-0.25, -0.2) is 5.43 Å². The highest BCUT2D eigenvalue weighted by molar-refractivity contribution is 7.80. The number of thiocarbonyl (C=S) groups is 1. The van der Waals surface area contributed by atoms with Crippen molar-refractivity contribution >= 4 is 23.0 Å². The zero-order valence-corrected chi connectivity index (χ0v) is 14.2. The van der Waals surface area contributed by atoms with E-state index in [-0.39, 0.29) is 5.66 Å².